The number of esters is 1. The van der Waals surface area contributed by atoms with Gasteiger partial charge in [-0.05, 0) is 11.1 Å². The van der Waals surface area contributed by atoms with Gasteiger partial charge in [0.15, 0.2) is 11.2 Å². The number of amides is 1. The third-order valence-electron chi connectivity index (χ3n) is 6.38. The number of nitro groups is 1. The molecule has 1 amide bonds. The minimum Gasteiger partial charge on any atom is -0.476 e. The highest BCUT2D eigenvalue weighted by molar-refractivity contribution is 5.92. The molecule has 4 aromatic rings. The van der Waals surface area contributed by atoms with Crippen LogP contribution in [0.4, 0.5) is 11.6 Å². The molecule has 5 rings (SSSR count). The first-order valence-corrected chi connectivity index (χ1v) is 12.7. The number of hydrogen-bond acceptors (Lipinski definition) is 10. The van der Waals surface area contributed by atoms with Gasteiger partial charge in [0.05, 0.1) is 17.9 Å². The molecule has 13 nitrogen and oxygen atoms in total. The van der Waals surface area contributed by atoms with Crippen molar-refractivity contribution in [3.8, 4) is 5.88 Å². The van der Waals surface area contributed by atoms with E-state index in [0.29, 0.717) is 18.5 Å². The Hall–Kier alpha value is -4.91. The minimum atomic E-state index is -1.20. The highest BCUT2D eigenvalue weighted by Gasteiger charge is 2.54. The summed E-state index contributed by atoms with van der Waals surface area (Å²) in [6.07, 6.45) is 1.88. The summed E-state index contributed by atoms with van der Waals surface area (Å²) in [6.45, 7) is 4.06. The molecule has 2 aromatic carbocycles. The normalized spacial score (nSPS) is 16.1. The van der Waals surface area contributed by atoms with E-state index in [1.807, 2.05) is 30.3 Å². The van der Waals surface area contributed by atoms with Crippen LogP contribution >= 0.6 is 0 Å². The summed E-state index contributed by atoms with van der Waals surface area (Å²) in [5.41, 5.74) is 1.05. The Bertz CT molecular complexity index is 1550. The van der Waals surface area contributed by atoms with Crippen LogP contribution in [0.2, 0.25) is 0 Å². The monoisotopic (exact) mass is 545 g/mol. The van der Waals surface area contributed by atoms with Crippen LogP contribution in [0.3, 0.4) is 0 Å². The van der Waals surface area contributed by atoms with Crippen molar-refractivity contribution < 1.29 is 24.0 Å². The number of aromatic nitrogens is 4. The van der Waals surface area contributed by atoms with Crippen LogP contribution in [0.25, 0.3) is 11.2 Å². The molecule has 1 aliphatic heterocycles. The van der Waals surface area contributed by atoms with Gasteiger partial charge in [-0.2, -0.15) is 9.97 Å². The zero-order valence-corrected chi connectivity index (χ0v) is 21.9. The lowest BCUT2D eigenvalue weighted by atomic mass is 10.1. The lowest BCUT2D eigenvalue weighted by molar-refractivity contribution is -0.384. The standard InChI is InChI=1S/C27H27N7O6/c1-17(2)23(35)31-26-30-22-21(24(32-26)39-13-12-18-8-10-20(11-9-18)34(37)38)33(16-28-22)27(15-29-27)25(36)40-14-19-6-4-3-5-7-19/h3-11,16-17,29H,12-15H2,1-2H3,(H,30,31,32,35). The number of anilines is 1. The second-order valence-corrected chi connectivity index (χ2v) is 9.58. The number of nitro benzene ring substituents is 1. The zero-order valence-electron chi connectivity index (χ0n) is 21.9. The largest absolute Gasteiger partial charge is 0.476 e. The molecule has 40 heavy (non-hydrogen) atoms. The average molecular weight is 546 g/mol. The van der Waals surface area contributed by atoms with Gasteiger partial charge in [0.25, 0.3) is 5.69 Å². The molecular weight excluding hydrogens is 518 g/mol. The fourth-order valence-corrected chi connectivity index (χ4v) is 3.98. The van der Waals surface area contributed by atoms with Gasteiger partial charge in [-0.25, -0.2) is 9.78 Å². The van der Waals surface area contributed by atoms with Crippen molar-refractivity contribution in [2.24, 2.45) is 5.92 Å². The van der Waals surface area contributed by atoms with Crippen molar-refractivity contribution in [2.45, 2.75) is 32.5 Å². The molecule has 0 bridgehead atoms. The van der Waals surface area contributed by atoms with Crippen molar-refractivity contribution in [2.75, 3.05) is 18.5 Å². The first kappa shape index (κ1) is 26.7. The number of nitrogens with zero attached hydrogens (tertiary/aromatic N) is 5. The van der Waals surface area contributed by atoms with Crippen LogP contribution < -0.4 is 15.4 Å². The molecule has 206 valence electrons. The van der Waals surface area contributed by atoms with Gasteiger partial charge in [-0.15, -0.1) is 0 Å². The smallest absolute Gasteiger partial charge is 0.349 e. The Morgan fingerprint density at radius 3 is 2.50 bits per heavy atom. The van der Waals surface area contributed by atoms with Crippen molar-refractivity contribution >= 4 is 34.7 Å². The number of ether oxygens (including phenoxy) is 2. The SMILES string of the molecule is CC(C)C(=O)Nc1nc(OCCc2ccc([N+](=O)[O-])cc2)c2c(ncn2C2(C(=O)OCc3ccccc3)CN2)n1. The van der Waals surface area contributed by atoms with Gasteiger partial charge in [-0.3, -0.25) is 30.1 Å². The molecule has 3 heterocycles. The van der Waals surface area contributed by atoms with Gasteiger partial charge in [0.1, 0.15) is 6.61 Å². The maximum atomic E-state index is 13.2. The summed E-state index contributed by atoms with van der Waals surface area (Å²) in [6, 6.07) is 15.5. The maximum absolute atomic E-state index is 13.2. The molecule has 1 fully saturated rings. The summed E-state index contributed by atoms with van der Waals surface area (Å²) in [5, 5.41) is 16.7. The first-order chi connectivity index (χ1) is 19.3. The fourth-order valence-electron chi connectivity index (χ4n) is 3.98. The molecular formula is C27H27N7O6. The molecule has 0 saturated carbocycles. The van der Waals surface area contributed by atoms with E-state index in [-0.39, 0.29) is 48.2 Å². The van der Waals surface area contributed by atoms with E-state index < -0.39 is 16.6 Å². The summed E-state index contributed by atoms with van der Waals surface area (Å²) in [7, 11) is 0. The third kappa shape index (κ3) is 5.59. The van der Waals surface area contributed by atoms with Crippen LogP contribution in [-0.2, 0) is 33.0 Å². The number of non-ortho nitro benzene ring substituents is 1. The quantitative estimate of drug-likeness (QED) is 0.123. The number of rotatable bonds is 11. The van der Waals surface area contributed by atoms with Gasteiger partial charge in [-0.1, -0.05) is 56.3 Å². The second kappa shape index (κ2) is 11.1. The highest BCUT2D eigenvalue weighted by Crippen LogP contribution is 2.34. The van der Waals surface area contributed by atoms with Crippen LogP contribution in [0.1, 0.15) is 25.0 Å². The Labute approximate surface area is 228 Å². The Kier molecular flexibility index (Phi) is 7.38. The van der Waals surface area contributed by atoms with Crippen LogP contribution in [0, 0.1) is 16.0 Å². The Morgan fingerprint density at radius 1 is 1.12 bits per heavy atom. The highest BCUT2D eigenvalue weighted by atomic mass is 16.6. The van der Waals surface area contributed by atoms with Crippen molar-refractivity contribution in [3.63, 3.8) is 0 Å². The molecule has 1 aliphatic rings. The van der Waals surface area contributed by atoms with E-state index in [1.54, 1.807) is 30.5 Å². The molecule has 1 atom stereocenters. The lowest BCUT2D eigenvalue weighted by Gasteiger charge is -2.17. The van der Waals surface area contributed by atoms with Gasteiger partial charge in [0.2, 0.25) is 23.4 Å². The van der Waals surface area contributed by atoms with Gasteiger partial charge in [0, 0.05) is 31.0 Å². The number of carbonyl (C=O) groups is 2. The number of carbonyl (C=O) groups excluding carboxylic acids is 2. The second-order valence-electron chi connectivity index (χ2n) is 9.58. The molecule has 0 aliphatic carbocycles. The van der Waals surface area contributed by atoms with Gasteiger partial charge >= 0.3 is 5.97 Å². The molecule has 0 spiro atoms. The molecule has 2 aromatic heterocycles. The molecule has 1 unspecified atom stereocenters. The topological polar surface area (TPSA) is 173 Å². The summed E-state index contributed by atoms with van der Waals surface area (Å²) in [5.74, 6) is -0.939. The number of nitrogens with one attached hydrogen (secondary N) is 2. The lowest BCUT2D eigenvalue weighted by Crippen LogP contribution is -2.34. The summed E-state index contributed by atoms with van der Waals surface area (Å²) >= 11 is 0. The molecule has 13 heteroatoms. The van der Waals surface area contributed by atoms with E-state index in [1.165, 1.54) is 18.5 Å². The summed E-state index contributed by atoms with van der Waals surface area (Å²) < 4.78 is 13.2. The average Bonchev–Trinajstić information content (AvgIpc) is 3.65. The number of fused-ring (bicyclic) bond motifs is 1. The summed E-state index contributed by atoms with van der Waals surface area (Å²) in [4.78, 5) is 49.1. The van der Waals surface area contributed by atoms with E-state index >= 15 is 0 Å². The maximum Gasteiger partial charge on any atom is 0.349 e. The third-order valence-corrected chi connectivity index (χ3v) is 6.38. The van der Waals surface area contributed by atoms with Crippen LogP contribution in [0.15, 0.2) is 60.9 Å². The van der Waals surface area contributed by atoms with Crippen LogP contribution in [-0.4, -0.2) is 49.5 Å². The molecule has 1 saturated heterocycles. The Morgan fingerprint density at radius 2 is 1.85 bits per heavy atom. The number of hydrogen-bond donors (Lipinski definition) is 2. The predicted octanol–water partition coefficient (Wildman–Crippen LogP) is 2.95. The van der Waals surface area contributed by atoms with E-state index in [4.69, 9.17) is 9.47 Å². The predicted molar refractivity (Wildman–Crippen MR) is 143 cm³/mol. The van der Waals surface area contributed by atoms with Crippen molar-refractivity contribution in [1.29, 1.82) is 0 Å². The first-order valence-electron chi connectivity index (χ1n) is 12.7. The fraction of sp³-hybridized carbons (Fsp3) is 0.296. The number of imidazole rings is 1. The van der Waals surface area contributed by atoms with Crippen molar-refractivity contribution in [3.05, 3.63) is 82.2 Å². The van der Waals surface area contributed by atoms with E-state index in [9.17, 15) is 19.7 Å². The number of benzene rings is 2. The van der Waals surface area contributed by atoms with Crippen LogP contribution in [0.5, 0.6) is 5.88 Å². The van der Waals surface area contributed by atoms with Gasteiger partial charge < -0.3 is 9.47 Å². The van der Waals surface area contributed by atoms with E-state index in [2.05, 4.69) is 25.6 Å². The van der Waals surface area contributed by atoms with Crippen molar-refractivity contribution in [1.82, 2.24) is 24.8 Å². The Balaban J connectivity index is 1.41. The molecule has 0 radical (unpaired) electrons. The zero-order chi connectivity index (χ0) is 28.3. The molecule has 2 N–H and O–H groups in total. The van der Waals surface area contributed by atoms with E-state index in [0.717, 1.165) is 11.1 Å². The minimum absolute atomic E-state index is 0.00185.